The van der Waals surface area contributed by atoms with Gasteiger partial charge in [-0.2, -0.15) is 11.8 Å². The molecule has 2 aromatic rings. The summed E-state index contributed by atoms with van der Waals surface area (Å²) in [5, 5.41) is 1.16. The number of fused-ring (bicyclic) bond motifs is 1. The van der Waals surface area contributed by atoms with Gasteiger partial charge in [0.2, 0.25) is 0 Å². The van der Waals surface area contributed by atoms with E-state index in [0.29, 0.717) is 6.54 Å². The van der Waals surface area contributed by atoms with Crippen molar-refractivity contribution in [2.75, 3.05) is 6.26 Å². The van der Waals surface area contributed by atoms with E-state index in [1.54, 1.807) is 11.8 Å². The molecule has 0 aliphatic carbocycles. The molecule has 0 amide bonds. The van der Waals surface area contributed by atoms with Gasteiger partial charge in [0.1, 0.15) is 11.3 Å². The van der Waals surface area contributed by atoms with Crippen molar-refractivity contribution < 1.29 is 4.42 Å². The molecule has 0 aliphatic heterocycles. The lowest BCUT2D eigenvalue weighted by molar-refractivity contribution is 0.574. The molecule has 1 heterocycles. The summed E-state index contributed by atoms with van der Waals surface area (Å²) >= 11 is 1.76. The largest absolute Gasteiger partial charge is 0.460 e. The lowest BCUT2D eigenvalue weighted by Crippen LogP contribution is -1.94. The van der Waals surface area contributed by atoms with Crippen molar-refractivity contribution in [3.8, 4) is 0 Å². The maximum atomic E-state index is 5.67. The molecule has 2 rings (SSSR count). The standard InChI is InChI=1S/C11H13NOS/c1-14-7-10-5-9-3-2-8(6-12)4-11(9)13-10/h2-5H,6-7,12H2,1H3. The van der Waals surface area contributed by atoms with E-state index in [9.17, 15) is 0 Å². The van der Waals surface area contributed by atoms with Crippen LogP contribution in [0.4, 0.5) is 0 Å². The molecule has 2 N–H and O–H groups in total. The Labute approximate surface area is 87.5 Å². The van der Waals surface area contributed by atoms with E-state index < -0.39 is 0 Å². The number of benzene rings is 1. The van der Waals surface area contributed by atoms with Crippen molar-refractivity contribution in [2.24, 2.45) is 5.73 Å². The fourth-order valence-corrected chi connectivity index (χ4v) is 1.90. The molecule has 1 aromatic carbocycles. The molecule has 0 saturated carbocycles. The third kappa shape index (κ3) is 1.79. The van der Waals surface area contributed by atoms with Gasteiger partial charge in [0.05, 0.1) is 5.75 Å². The van der Waals surface area contributed by atoms with Gasteiger partial charge in [-0.1, -0.05) is 12.1 Å². The van der Waals surface area contributed by atoms with Gasteiger partial charge in [-0.3, -0.25) is 0 Å². The van der Waals surface area contributed by atoms with Crippen LogP contribution in [0.1, 0.15) is 11.3 Å². The molecule has 74 valence electrons. The first-order valence-electron chi connectivity index (χ1n) is 4.54. The Balaban J connectivity index is 2.43. The van der Waals surface area contributed by atoms with Crippen LogP contribution in [0, 0.1) is 0 Å². The zero-order valence-electron chi connectivity index (χ0n) is 8.12. The summed E-state index contributed by atoms with van der Waals surface area (Å²) in [6, 6.07) is 8.21. The van der Waals surface area contributed by atoms with Gasteiger partial charge in [0.15, 0.2) is 0 Å². The van der Waals surface area contributed by atoms with Gasteiger partial charge in [-0.25, -0.2) is 0 Å². The summed E-state index contributed by atoms with van der Waals surface area (Å²) in [4.78, 5) is 0. The molecule has 0 saturated heterocycles. The summed E-state index contributed by atoms with van der Waals surface area (Å²) in [7, 11) is 0. The Bertz CT molecular complexity index is 436. The molecule has 0 bridgehead atoms. The highest BCUT2D eigenvalue weighted by atomic mass is 32.2. The first-order chi connectivity index (χ1) is 6.83. The molecule has 0 atom stereocenters. The van der Waals surface area contributed by atoms with E-state index in [1.807, 2.05) is 12.1 Å². The number of hydrogen-bond acceptors (Lipinski definition) is 3. The summed E-state index contributed by atoms with van der Waals surface area (Å²) in [6.45, 7) is 0.564. The highest BCUT2D eigenvalue weighted by Gasteiger charge is 2.03. The molecule has 3 heteroatoms. The second-order valence-corrected chi connectivity index (χ2v) is 4.09. The second kappa shape index (κ2) is 4.07. The summed E-state index contributed by atoms with van der Waals surface area (Å²) in [5.74, 6) is 1.95. The predicted molar refractivity (Wildman–Crippen MR) is 61.3 cm³/mol. The van der Waals surface area contributed by atoms with Crippen molar-refractivity contribution in [2.45, 2.75) is 12.3 Å². The van der Waals surface area contributed by atoms with Crippen LogP contribution in [-0.4, -0.2) is 6.26 Å². The van der Waals surface area contributed by atoms with E-state index in [0.717, 1.165) is 28.0 Å². The van der Waals surface area contributed by atoms with Gasteiger partial charge in [0, 0.05) is 11.9 Å². The minimum Gasteiger partial charge on any atom is -0.460 e. The predicted octanol–water partition coefficient (Wildman–Crippen LogP) is 2.75. The van der Waals surface area contributed by atoms with Crippen LogP contribution in [-0.2, 0) is 12.3 Å². The lowest BCUT2D eigenvalue weighted by atomic mass is 10.2. The smallest absolute Gasteiger partial charge is 0.134 e. The molecule has 0 fully saturated rings. The molecule has 0 unspecified atom stereocenters. The molecular formula is C11H13NOS. The fraction of sp³-hybridized carbons (Fsp3) is 0.273. The van der Waals surface area contributed by atoms with Crippen molar-refractivity contribution in [3.05, 3.63) is 35.6 Å². The number of hydrogen-bond donors (Lipinski definition) is 1. The average molecular weight is 207 g/mol. The van der Waals surface area contributed by atoms with Gasteiger partial charge >= 0.3 is 0 Å². The Morgan fingerprint density at radius 2 is 2.21 bits per heavy atom. The SMILES string of the molecule is CSCc1cc2ccc(CN)cc2o1. The van der Waals surface area contributed by atoms with Crippen molar-refractivity contribution in [1.82, 2.24) is 0 Å². The Hall–Kier alpha value is -0.930. The molecule has 1 aromatic heterocycles. The Kier molecular flexibility index (Phi) is 2.79. The fourth-order valence-electron chi connectivity index (χ4n) is 1.47. The van der Waals surface area contributed by atoms with Crippen LogP contribution in [0.3, 0.4) is 0 Å². The van der Waals surface area contributed by atoms with Crippen molar-refractivity contribution in [1.29, 1.82) is 0 Å². The topological polar surface area (TPSA) is 39.2 Å². The summed E-state index contributed by atoms with van der Waals surface area (Å²) in [5.41, 5.74) is 7.62. The van der Waals surface area contributed by atoms with Gasteiger partial charge in [-0.15, -0.1) is 0 Å². The quantitative estimate of drug-likeness (QED) is 0.841. The molecule has 14 heavy (non-hydrogen) atoms. The van der Waals surface area contributed by atoms with Crippen LogP contribution in [0.2, 0.25) is 0 Å². The normalized spacial score (nSPS) is 11.0. The minimum absolute atomic E-state index is 0.564. The zero-order valence-corrected chi connectivity index (χ0v) is 8.93. The zero-order chi connectivity index (χ0) is 9.97. The Morgan fingerprint density at radius 3 is 2.93 bits per heavy atom. The maximum absolute atomic E-state index is 5.67. The highest BCUT2D eigenvalue weighted by molar-refractivity contribution is 7.97. The maximum Gasteiger partial charge on any atom is 0.134 e. The highest BCUT2D eigenvalue weighted by Crippen LogP contribution is 2.22. The van der Waals surface area contributed by atoms with Gasteiger partial charge < -0.3 is 10.2 Å². The molecule has 0 spiro atoms. The van der Waals surface area contributed by atoms with Crippen LogP contribution in [0.5, 0.6) is 0 Å². The lowest BCUT2D eigenvalue weighted by Gasteiger charge is -1.94. The van der Waals surface area contributed by atoms with Crippen LogP contribution < -0.4 is 5.73 Å². The number of thioether (sulfide) groups is 1. The van der Waals surface area contributed by atoms with E-state index in [4.69, 9.17) is 10.2 Å². The van der Waals surface area contributed by atoms with Gasteiger partial charge in [0.25, 0.3) is 0 Å². The Morgan fingerprint density at radius 1 is 1.36 bits per heavy atom. The third-order valence-corrected chi connectivity index (χ3v) is 2.73. The number of nitrogens with two attached hydrogens (primary N) is 1. The number of furan rings is 1. The molecular weight excluding hydrogens is 194 g/mol. The molecule has 0 radical (unpaired) electrons. The first-order valence-corrected chi connectivity index (χ1v) is 5.93. The van der Waals surface area contributed by atoms with Crippen molar-refractivity contribution in [3.63, 3.8) is 0 Å². The molecule has 2 nitrogen and oxygen atoms in total. The number of rotatable bonds is 3. The van der Waals surface area contributed by atoms with Crippen LogP contribution >= 0.6 is 11.8 Å². The minimum atomic E-state index is 0.564. The second-order valence-electron chi connectivity index (χ2n) is 3.22. The monoisotopic (exact) mass is 207 g/mol. The first kappa shape index (κ1) is 9.62. The van der Waals surface area contributed by atoms with Crippen LogP contribution in [0.15, 0.2) is 28.7 Å². The van der Waals surface area contributed by atoms with Gasteiger partial charge in [-0.05, 0) is 24.0 Å². The average Bonchev–Trinajstić information content (AvgIpc) is 2.59. The summed E-state index contributed by atoms with van der Waals surface area (Å²) < 4.78 is 5.67. The van der Waals surface area contributed by atoms with Crippen molar-refractivity contribution >= 4 is 22.7 Å². The van der Waals surface area contributed by atoms with E-state index in [1.165, 1.54) is 0 Å². The van der Waals surface area contributed by atoms with Crippen LogP contribution in [0.25, 0.3) is 11.0 Å². The van der Waals surface area contributed by atoms with E-state index >= 15 is 0 Å². The third-order valence-electron chi connectivity index (χ3n) is 2.16. The molecule has 0 aliphatic rings. The van der Waals surface area contributed by atoms with E-state index in [-0.39, 0.29) is 0 Å². The summed E-state index contributed by atoms with van der Waals surface area (Å²) in [6.07, 6.45) is 2.07. The van der Waals surface area contributed by atoms with E-state index in [2.05, 4.69) is 18.4 Å².